The second kappa shape index (κ2) is 7.10. The van der Waals surface area contributed by atoms with E-state index in [-0.39, 0.29) is 27.0 Å². The Morgan fingerprint density at radius 2 is 1.41 bits per heavy atom. The molecule has 0 spiro atoms. The summed E-state index contributed by atoms with van der Waals surface area (Å²) in [5.74, 6) is 0. The van der Waals surface area contributed by atoms with Crippen molar-refractivity contribution in [3.8, 4) is 5.69 Å². The minimum Gasteiger partial charge on any atom is -0.280 e. The average Bonchev–Trinajstić information content (AvgIpc) is 3.09. The Morgan fingerprint density at radius 3 is 1.93 bits per heavy atom. The van der Waals surface area contributed by atoms with Crippen molar-refractivity contribution in [3.63, 3.8) is 0 Å². The molecule has 0 saturated heterocycles. The van der Waals surface area contributed by atoms with E-state index in [0.29, 0.717) is 0 Å². The van der Waals surface area contributed by atoms with Gasteiger partial charge in [0, 0.05) is 11.8 Å². The summed E-state index contributed by atoms with van der Waals surface area (Å²) < 4.78 is 104. The molecule has 3 aromatic rings. The van der Waals surface area contributed by atoms with Gasteiger partial charge < -0.3 is 0 Å². The zero-order chi connectivity index (χ0) is 21.4. The molecule has 3 rings (SSSR count). The van der Waals surface area contributed by atoms with Gasteiger partial charge in [-0.25, -0.2) is 13.1 Å². The summed E-state index contributed by atoms with van der Waals surface area (Å²) in [6, 6.07) is 11.5. The molecule has 29 heavy (non-hydrogen) atoms. The maximum atomic E-state index is 13.1. The molecular formula is C17H11F6N3O2S. The third kappa shape index (κ3) is 4.53. The fraction of sp³-hybridized carbons (Fsp3) is 0.118. The van der Waals surface area contributed by atoms with E-state index in [1.54, 1.807) is 6.07 Å². The van der Waals surface area contributed by atoms with Crippen molar-refractivity contribution in [2.75, 3.05) is 4.72 Å². The Hall–Kier alpha value is -3.02. The van der Waals surface area contributed by atoms with Gasteiger partial charge in [-0.3, -0.25) is 4.72 Å². The van der Waals surface area contributed by atoms with Gasteiger partial charge in [0.05, 0.1) is 10.6 Å². The molecule has 2 aromatic carbocycles. The fourth-order valence-corrected chi connectivity index (χ4v) is 3.48. The second-order valence-electron chi connectivity index (χ2n) is 5.79. The largest absolute Gasteiger partial charge is 0.435 e. The maximum absolute atomic E-state index is 13.1. The Balaban J connectivity index is 1.94. The van der Waals surface area contributed by atoms with Gasteiger partial charge in [0.25, 0.3) is 10.0 Å². The molecule has 0 radical (unpaired) electrons. The lowest BCUT2D eigenvalue weighted by Gasteiger charge is -2.12. The molecule has 0 bridgehead atoms. The molecule has 154 valence electrons. The summed E-state index contributed by atoms with van der Waals surface area (Å²) >= 11 is 0. The highest BCUT2D eigenvalue weighted by Gasteiger charge is 2.42. The number of sulfonamides is 1. The maximum Gasteiger partial charge on any atom is 0.435 e. The molecule has 1 N–H and O–H groups in total. The first-order chi connectivity index (χ1) is 13.4. The van der Waals surface area contributed by atoms with E-state index in [4.69, 9.17) is 0 Å². The lowest BCUT2D eigenvalue weighted by molar-refractivity contribution is -0.143. The van der Waals surface area contributed by atoms with E-state index in [9.17, 15) is 34.8 Å². The van der Waals surface area contributed by atoms with Gasteiger partial charge in [-0.05, 0) is 36.4 Å². The summed E-state index contributed by atoms with van der Waals surface area (Å²) in [4.78, 5) is -0.0367. The quantitative estimate of drug-likeness (QED) is 0.604. The van der Waals surface area contributed by atoms with E-state index in [1.165, 1.54) is 24.3 Å². The van der Waals surface area contributed by atoms with Crippen LogP contribution in [0.4, 0.5) is 32.0 Å². The zero-order valence-corrected chi connectivity index (χ0v) is 15.0. The molecule has 0 aliphatic rings. The van der Waals surface area contributed by atoms with Gasteiger partial charge in [-0.15, -0.1) is 0 Å². The molecule has 1 aromatic heterocycles. The van der Waals surface area contributed by atoms with Crippen molar-refractivity contribution >= 4 is 15.7 Å². The molecule has 0 aliphatic carbocycles. The van der Waals surface area contributed by atoms with Crippen LogP contribution in [-0.4, -0.2) is 18.2 Å². The average molecular weight is 435 g/mol. The third-order valence-corrected chi connectivity index (χ3v) is 5.11. The summed E-state index contributed by atoms with van der Waals surface area (Å²) in [5, 5.41) is 3.00. The Bertz CT molecular complexity index is 1100. The number of aromatic nitrogens is 2. The van der Waals surface area contributed by atoms with Crippen molar-refractivity contribution in [2.45, 2.75) is 17.2 Å². The molecule has 5 nitrogen and oxygen atoms in total. The number of hydrogen-bond acceptors (Lipinski definition) is 3. The molecule has 12 heteroatoms. The van der Waals surface area contributed by atoms with Crippen molar-refractivity contribution in [2.24, 2.45) is 0 Å². The molecule has 1 heterocycles. The lowest BCUT2D eigenvalue weighted by atomic mass is 10.2. The van der Waals surface area contributed by atoms with Crippen LogP contribution in [0.25, 0.3) is 5.69 Å². The van der Waals surface area contributed by atoms with Gasteiger partial charge >= 0.3 is 12.4 Å². The molecule has 0 amide bonds. The lowest BCUT2D eigenvalue weighted by Crippen LogP contribution is -2.14. The molecule has 0 atom stereocenters. The number of hydrogen-bond donors (Lipinski definition) is 1. The van der Waals surface area contributed by atoms with Crippen molar-refractivity contribution < 1.29 is 34.8 Å². The highest BCUT2D eigenvalue weighted by atomic mass is 32.2. The van der Waals surface area contributed by atoms with Gasteiger partial charge in [0.1, 0.15) is 5.69 Å². The zero-order valence-electron chi connectivity index (χ0n) is 14.2. The standard InChI is InChI=1S/C17H11F6N3O2S/c18-16(19,20)14-10-15(17(21,22)23)26(24-14)12-8-6-11(7-9-12)25-29(27,28)13-4-2-1-3-5-13/h1-10,25H. The second-order valence-corrected chi connectivity index (χ2v) is 7.47. The Labute approximate surface area is 160 Å². The van der Waals surface area contributed by atoms with Gasteiger partial charge in [0.15, 0.2) is 5.69 Å². The van der Waals surface area contributed by atoms with E-state index >= 15 is 0 Å². The topological polar surface area (TPSA) is 64.0 Å². The number of anilines is 1. The fourth-order valence-electron chi connectivity index (χ4n) is 2.40. The van der Waals surface area contributed by atoms with Gasteiger partial charge in [-0.1, -0.05) is 18.2 Å². The van der Waals surface area contributed by atoms with Crippen LogP contribution < -0.4 is 4.72 Å². The number of halogens is 6. The van der Waals surface area contributed by atoms with E-state index in [0.717, 1.165) is 24.3 Å². The summed E-state index contributed by atoms with van der Waals surface area (Å²) in [5.41, 5.74) is -3.62. The van der Waals surface area contributed by atoms with Crippen LogP contribution >= 0.6 is 0 Å². The number of nitrogens with one attached hydrogen (secondary N) is 1. The molecule has 0 unspecified atom stereocenters. The van der Waals surface area contributed by atoms with Crippen LogP contribution in [0.5, 0.6) is 0 Å². The molecular weight excluding hydrogens is 424 g/mol. The minimum atomic E-state index is -5.08. The third-order valence-electron chi connectivity index (χ3n) is 3.71. The molecule has 0 saturated carbocycles. The summed E-state index contributed by atoms with van der Waals surface area (Å²) in [6.07, 6.45) is -10.1. The van der Waals surface area contributed by atoms with E-state index < -0.39 is 33.8 Å². The van der Waals surface area contributed by atoms with E-state index in [1.807, 2.05) is 0 Å². The minimum absolute atomic E-state index is 0.00867. The number of alkyl halides is 6. The Morgan fingerprint density at radius 1 is 0.828 bits per heavy atom. The highest BCUT2D eigenvalue weighted by Crippen LogP contribution is 2.36. The first-order valence-corrected chi connectivity index (χ1v) is 9.29. The first-order valence-electron chi connectivity index (χ1n) is 7.81. The summed E-state index contributed by atoms with van der Waals surface area (Å²) in [6.45, 7) is 0. The summed E-state index contributed by atoms with van der Waals surface area (Å²) in [7, 11) is -3.94. The van der Waals surface area contributed by atoms with Gasteiger partial charge in [0.2, 0.25) is 0 Å². The highest BCUT2D eigenvalue weighted by molar-refractivity contribution is 7.92. The van der Waals surface area contributed by atoms with Crippen molar-refractivity contribution in [1.29, 1.82) is 0 Å². The van der Waals surface area contributed by atoms with Crippen molar-refractivity contribution in [1.82, 2.24) is 9.78 Å². The SMILES string of the molecule is O=S(=O)(Nc1ccc(-n2nc(C(F)(F)F)cc2C(F)(F)F)cc1)c1ccccc1. The van der Waals surface area contributed by atoms with Crippen LogP contribution in [0.3, 0.4) is 0 Å². The van der Waals surface area contributed by atoms with Crippen LogP contribution in [0.1, 0.15) is 11.4 Å². The normalized spacial score (nSPS) is 12.8. The molecule has 0 aliphatic heterocycles. The van der Waals surface area contributed by atoms with Crippen LogP contribution in [-0.2, 0) is 22.4 Å². The smallest absolute Gasteiger partial charge is 0.280 e. The number of benzene rings is 2. The first kappa shape index (κ1) is 20.7. The Kier molecular flexibility index (Phi) is 5.07. The van der Waals surface area contributed by atoms with Crippen LogP contribution in [0, 0.1) is 0 Å². The monoisotopic (exact) mass is 435 g/mol. The van der Waals surface area contributed by atoms with Gasteiger partial charge in [-0.2, -0.15) is 31.4 Å². The van der Waals surface area contributed by atoms with Crippen LogP contribution in [0.2, 0.25) is 0 Å². The number of nitrogens with zero attached hydrogens (tertiary/aromatic N) is 2. The van der Waals surface area contributed by atoms with E-state index in [2.05, 4.69) is 9.82 Å². The predicted octanol–water partition coefficient (Wildman–Crippen LogP) is 4.71. The predicted molar refractivity (Wildman–Crippen MR) is 90.8 cm³/mol. The molecule has 0 fully saturated rings. The van der Waals surface area contributed by atoms with Crippen LogP contribution in [0.15, 0.2) is 65.6 Å². The van der Waals surface area contributed by atoms with Crippen molar-refractivity contribution in [3.05, 3.63) is 72.1 Å². The number of rotatable bonds is 4.